The number of carbonyl (C=O) groups excluding carboxylic acids is 1. The highest BCUT2D eigenvalue weighted by Gasteiger charge is 1.98. The number of amides is 1. The van der Waals surface area contributed by atoms with Gasteiger partial charge in [-0.2, -0.15) is 11.3 Å². The molecule has 0 aliphatic carbocycles. The van der Waals surface area contributed by atoms with Crippen molar-refractivity contribution in [3.8, 4) is 0 Å². The van der Waals surface area contributed by atoms with Gasteiger partial charge in [-0.3, -0.25) is 4.79 Å². The quantitative estimate of drug-likeness (QED) is 0.865. The van der Waals surface area contributed by atoms with E-state index in [4.69, 9.17) is 0 Å². The van der Waals surface area contributed by atoms with E-state index in [1.54, 1.807) is 11.3 Å². The van der Waals surface area contributed by atoms with Gasteiger partial charge in [0.25, 0.3) is 0 Å². The van der Waals surface area contributed by atoms with Crippen LogP contribution in [0.4, 0.5) is 11.4 Å². The monoisotopic (exact) mass is 260 g/mol. The van der Waals surface area contributed by atoms with Crippen molar-refractivity contribution in [2.75, 3.05) is 17.2 Å². The molecule has 0 bridgehead atoms. The predicted octanol–water partition coefficient (Wildman–Crippen LogP) is 3.36. The summed E-state index contributed by atoms with van der Waals surface area (Å²) < 4.78 is 0. The molecule has 1 aromatic carbocycles. The number of nitrogens with one attached hydrogen (secondary N) is 2. The first-order valence-corrected chi connectivity index (χ1v) is 6.81. The minimum atomic E-state index is -0.0505. The highest BCUT2D eigenvalue weighted by atomic mass is 32.1. The molecule has 94 valence electrons. The Hall–Kier alpha value is -1.81. The van der Waals surface area contributed by atoms with Gasteiger partial charge in [-0.05, 0) is 47.0 Å². The van der Waals surface area contributed by atoms with Crippen LogP contribution in [0.25, 0.3) is 0 Å². The highest BCUT2D eigenvalue weighted by Crippen LogP contribution is 2.15. The molecule has 4 heteroatoms. The van der Waals surface area contributed by atoms with E-state index < -0.39 is 0 Å². The van der Waals surface area contributed by atoms with Crippen LogP contribution in [-0.4, -0.2) is 12.5 Å². The maximum atomic E-state index is 11.0. The van der Waals surface area contributed by atoms with Crippen molar-refractivity contribution in [2.24, 2.45) is 0 Å². The van der Waals surface area contributed by atoms with E-state index in [0.29, 0.717) is 0 Å². The summed E-state index contributed by atoms with van der Waals surface area (Å²) in [6.07, 6.45) is 1.01. The van der Waals surface area contributed by atoms with Gasteiger partial charge in [-0.1, -0.05) is 6.07 Å². The summed E-state index contributed by atoms with van der Waals surface area (Å²) >= 11 is 1.72. The third-order valence-electron chi connectivity index (χ3n) is 2.51. The van der Waals surface area contributed by atoms with Crippen molar-refractivity contribution in [1.29, 1.82) is 0 Å². The van der Waals surface area contributed by atoms with Crippen molar-refractivity contribution in [3.05, 3.63) is 46.7 Å². The number of anilines is 2. The first-order valence-electron chi connectivity index (χ1n) is 5.86. The number of rotatable bonds is 5. The zero-order chi connectivity index (χ0) is 12.8. The molecule has 0 aliphatic rings. The van der Waals surface area contributed by atoms with Crippen LogP contribution >= 0.6 is 11.3 Å². The molecule has 0 fully saturated rings. The summed E-state index contributed by atoms with van der Waals surface area (Å²) in [6.45, 7) is 2.40. The molecular formula is C14H16N2OS. The first-order chi connectivity index (χ1) is 8.74. The summed E-state index contributed by atoms with van der Waals surface area (Å²) in [5, 5.41) is 10.4. The molecule has 3 nitrogen and oxygen atoms in total. The Bertz CT molecular complexity index is 508. The van der Waals surface area contributed by atoms with Crippen LogP contribution in [0.2, 0.25) is 0 Å². The molecule has 0 saturated heterocycles. The molecule has 18 heavy (non-hydrogen) atoms. The Morgan fingerprint density at radius 2 is 2.11 bits per heavy atom. The maximum absolute atomic E-state index is 11.0. The number of hydrogen-bond acceptors (Lipinski definition) is 3. The second kappa shape index (κ2) is 6.21. The third-order valence-corrected chi connectivity index (χ3v) is 3.24. The van der Waals surface area contributed by atoms with Crippen molar-refractivity contribution in [1.82, 2.24) is 0 Å². The van der Waals surface area contributed by atoms with Gasteiger partial charge in [-0.25, -0.2) is 0 Å². The van der Waals surface area contributed by atoms with Crippen LogP contribution in [0.5, 0.6) is 0 Å². The average molecular weight is 260 g/mol. The van der Waals surface area contributed by atoms with Crippen LogP contribution in [-0.2, 0) is 11.2 Å². The van der Waals surface area contributed by atoms with E-state index in [1.165, 1.54) is 12.5 Å². The SMILES string of the molecule is CC(=O)Nc1cccc(NCCc2ccsc2)c1. The van der Waals surface area contributed by atoms with Gasteiger partial charge in [0.15, 0.2) is 0 Å². The Morgan fingerprint density at radius 1 is 1.28 bits per heavy atom. The lowest BCUT2D eigenvalue weighted by atomic mass is 10.2. The van der Waals surface area contributed by atoms with Crippen molar-refractivity contribution < 1.29 is 4.79 Å². The van der Waals surface area contributed by atoms with E-state index in [0.717, 1.165) is 24.3 Å². The van der Waals surface area contributed by atoms with Crippen molar-refractivity contribution in [2.45, 2.75) is 13.3 Å². The molecule has 0 spiro atoms. The van der Waals surface area contributed by atoms with Crippen molar-refractivity contribution >= 4 is 28.6 Å². The lowest BCUT2D eigenvalue weighted by Gasteiger charge is -2.08. The molecule has 0 radical (unpaired) electrons. The van der Waals surface area contributed by atoms with Gasteiger partial charge in [0, 0.05) is 24.8 Å². The van der Waals surface area contributed by atoms with Crippen LogP contribution in [0, 0.1) is 0 Å². The topological polar surface area (TPSA) is 41.1 Å². The summed E-state index contributed by atoms with van der Waals surface area (Å²) in [4.78, 5) is 11.0. The van der Waals surface area contributed by atoms with Crippen molar-refractivity contribution in [3.63, 3.8) is 0 Å². The van der Waals surface area contributed by atoms with E-state index in [-0.39, 0.29) is 5.91 Å². The molecule has 0 saturated carbocycles. The molecule has 1 aromatic heterocycles. The Balaban J connectivity index is 1.87. The molecule has 2 aromatic rings. The fourth-order valence-corrected chi connectivity index (χ4v) is 2.40. The zero-order valence-corrected chi connectivity index (χ0v) is 11.1. The highest BCUT2D eigenvalue weighted by molar-refractivity contribution is 7.07. The summed E-state index contributed by atoms with van der Waals surface area (Å²) in [5.41, 5.74) is 3.20. The molecular weight excluding hydrogens is 244 g/mol. The largest absolute Gasteiger partial charge is 0.385 e. The fourth-order valence-electron chi connectivity index (χ4n) is 1.70. The van der Waals surface area contributed by atoms with Crippen LogP contribution in [0.1, 0.15) is 12.5 Å². The van der Waals surface area contributed by atoms with Gasteiger partial charge in [0.2, 0.25) is 5.91 Å². The minimum absolute atomic E-state index is 0.0505. The molecule has 2 rings (SSSR count). The molecule has 1 amide bonds. The Kier molecular flexibility index (Phi) is 4.36. The average Bonchev–Trinajstić information content (AvgIpc) is 2.82. The van der Waals surface area contributed by atoms with Gasteiger partial charge in [-0.15, -0.1) is 0 Å². The molecule has 1 heterocycles. The lowest BCUT2D eigenvalue weighted by molar-refractivity contribution is -0.114. The first kappa shape index (κ1) is 12.6. The molecule has 0 atom stereocenters. The molecule has 2 N–H and O–H groups in total. The summed E-state index contributed by atoms with van der Waals surface area (Å²) in [5.74, 6) is -0.0505. The second-order valence-corrected chi connectivity index (χ2v) is 4.85. The number of benzene rings is 1. The third kappa shape index (κ3) is 3.89. The second-order valence-electron chi connectivity index (χ2n) is 4.07. The number of thiophene rings is 1. The van der Waals surface area contributed by atoms with E-state index in [2.05, 4.69) is 27.5 Å². The minimum Gasteiger partial charge on any atom is -0.385 e. The smallest absolute Gasteiger partial charge is 0.221 e. The normalized spacial score (nSPS) is 10.1. The summed E-state index contributed by atoms with van der Waals surface area (Å²) in [7, 11) is 0. The van der Waals surface area contributed by atoms with E-state index in [9.17, 15) is 4.79 Å². The fraction of sp³-hybridized carbons (Fsp3) is 0.214. The van der Waals surface area contributed by atoms with Crippen LogP contribution in [0.15, 0.2) is 41.1 Å². The predicted molar refractivity (Wildman–Crippen MR) is 77.3 cm³/mol. The summed E-state index contributed by atoms with van der Waals surface area (Å²) in [6, 6.07) is 9.89. The number of carbonyl (C=O) groups is 1. The lowest BCUT2D eigenvalue weighted by Crippen LogP contribution is -2.07. The van der Waals surface area contributed by atoms with Crippen LogP contribution < -0.4 is 10.6 Å². The Labute approximate surface area is 111 Å². The zero-order valence-electron chi connectivity index (χ0n) is 10.3. The van der Waals surface area contributed by atoms with E-state index in [1.807, 2.05) is 24.3 Å². The van der Waals surface area contributed by atoms with E-state index >= 15 is 0 Å². The number of hydrogen-bond donors (Lipinski definition) is 2. The molecule has 0 aliphatic heterocycles. The standard InChI is InChI=1S/C14H16N2OS/c1-11(17)16-14-4-2-3-13(9-14)15-7-5-12-6-8-18-10-12/h2-4,6,8-10,15H,5,7H2,1H3,(H,16,17). The maximum Gasteiger partial charge on any atom is 0.221 e. The molecule has 0 unspecified atom stereocenters. The van der Waals surface area contributed by atoms with Gasteiger partial charge in [0.05, 0.1) is 0 Å². The van der Waals surface area contributed by atoms with Gasteiger partial charge in [0.1, 0.15) is 0 Å². The van der Waals surface area contributed by atoms with Crippen LogP contribution in [0.3, 0.4) is 0 Å². The van der Waals surface area contributed by atoms with Gasteiger partial charge >= 0.3 is 0 Å². The van der Waals surface area contributed by atoms with Gasteiger partial charge < -0.3 is 10.6 Å². The Morgan fingerprint density at radius 3 is 2.83 bits per heavy atom.